The third-order valence-corrected chi connectivity index (χ3v) is 3.58. The predicted octanol–water partition coefficient (Wildman–Crippen LogP) is 3.29. The van der Waals surface area contributed by atoms with E-state index in [1.807, 2.05) is 32.0 Å². The Morgan fingerprint density at radius 2 is 1.58 bits per heavy atom. The van der Waals surface area contributed by atoms with Gasteiger partial charge >= 0.3 is 0 Å². The fourth-order valence-corrected chi connectivity index (χ4v) is 2.38. The van der Waals surface area contributed by atoms with Gasteiger partial charge in [-0.25, -0.2) is 8.78 Å². The Morgan fingerprint density at radius 3 is 2.12 bits per heavy atom. The monoisotopic (exact) mass is 332 g/mol. The fraction of sp³-hybridized carbons (Fsp3) is 0.222. The van der Waals surface area contributed by atoms with E-state index in [1.54, 1.807) is 0 Å². The average Bonchev–Trinajstić information content (AvgIpc) is 2.49. The molecule has 0 aliphatic heterocycles. The van der Waals surface area contributed by atoms with Crippen LogP contribution in [0.1, 0.15) is 21.5 Å². The number of aryl methyl sites for hydroxylation is 2. The van der Waals surface area contributed by atoms with Crippen molar-refractivity contribution in [2.24, 2.45) is 0 Å². The molecule has 126 valence electrons. The van der Waals surface area contributed by atoms with Gasteiger partial charge in [0.15, 0.2) is 0 Å². The first-order valence-corrected chi connectivity index (χ1v) is 7.35. The molecule has 2 amide bonds. The molecule has 0 aliphatic rings. The number of rotatable bonds is 4. The Bertz CT molecular complexity index is 750. The maximum absolute atomic E-state index is 13.2. The standard InChI is InChI=1S/C18H18F2N2O2/c1-11-5-4-6-12(2)17(11)21-16(23)10-22(3)18(24)13-7-14(19)9-15(20)8-13/h4-9H,10H2,1-3H3,(H,21,23). The largest absolute Gasteiger partial charge is 0.332 e. The lowest BCUT2D eigenvalue weighted by atomic mass is 10.1. The summed E-state index contributed by atoms with van der Waals surface area (Å²) in [5, 5.41) is 2.76. The van der Waals surface area contributed by atoms with Crippen LogP contribution in [-0.2, 0) is 4.79 Å². The minimum atomic E-state index is -0.841. The summed E-state index contributed by atoms with van der Waals surface area (Å²) in [6, 6.07) is 8.18. The summed E-state index contributed by atoms with van der Waals surface area (Å²) in [7, 11) is 1.40. The maximum atomic E-state index is 13.2. The Hall–Kier alpha value is -2.76. The van der Waals surface area contributed by atoms with Crippen LogP contribution in [0.5, 0.6) is 0 Å². The van der Waals surface area contributed by atoms with Crippen molar-refractivity contribution in [3.05, 3.63) is 64.7 Å². The lowest BCUT2D eigenvalue weighted by Crippen LogP contribution is -2.35. The molecular weight excluding hydrogens is 314 g/mol. The van der Waals surface area contributed by atoms with Crippen molar-refractivity contribution in [2.45, 2.75) is 13.8 Å². The average molecular weight is 332 g/mol. The van der Waals surface area contributed by atoms with Crippen LogP contribution < -0.4 is 5.32 Å². The number of hydrogen-bond donors (Lipinski definition) is 1. The summed E-state index contributed by atoms with van der Waals surface area (Å²) < 4.78 is 26.4. The number of nitrogens with zero attached hydrogens (tertiary/aromatic N) is 1. The molecule has 0 atom stereocenters. The number of amides is 2. The van der Waals surface area contributed by atoms with E-state index < -0.39 is 17.5 Å². The number of anilines is 1. The van der Waals surface area contributed by atoms with Crippen LogP contribution in [0, 0.1) is 25.5 Å². The predicted molar refractivity (Wildman–Crippen MR) is 87.9 cm³/mol. The van der Waals surface area contributed by atoms with Crippen molar-refractivity contribution in [2.75, 3.05) is 18.9 Å². The number of para-hydroxylation sites is 1. The second-order valence-electron chi connectivity index (χ2n) is 5.63. The highest BCUT2D eigenvalue weighted by Crippen LogP contribution is 2.19. The molecular formula is C18H18F2N2O2. The summed E-state index contributed by atoms with van der Waals surface area (Å²) in [5.74, 6) is -2.70. The minimum Gasteiger partial charge on any atom is -0.332 e. The number of benzene rings is 2. The smallest absolute Gasteiger partial charge is 0.254 e. The van der Waals surface area contributed by atoms with E-state index in [9.17, 15) is 18.4 Å². The molecule has 0 radical (unpaired) electrons. The highest BCUT2D eigenvalue weighted by Gasteiger charge is 2.17. The third kappa shape index (κ3) is 4.16. The number of carbonyl (C=O) groups excluding carboxylic acids is 2. The van der Waals surface area contributed by atoms with E-state index in [-0.39, 0.29) is 18.0 Å². The van der Waals surface area contributed by atoms with E-state index in [0.717, 1.165) is 28.2 Å². The van der Waals surface area contributed by atoms with Gasteiger partial charge in [0.05, 0.1) is 6.54 Å². The Labute approximate surface area is 139 Å². The van der Waals surface area contributed by atoms with E-state index in [4.69, 9.17) is 0 Å². The van der Waals surface area contributed by atoms with Crippen LogP contribution in [0.15, 0.2) is 36.4 Å². The van der Waals surface area contributed by atoms with E-state index in [0.29, 0.717) is 11.8 Å². The van der Waals surface area contributed by atoms with Crippen molar-refractivity contribution in [3.8, 4) is 0 Å². The molecule has 0 heterocycles. The van der Waals surface area contributed by atoms with Gasteiger partial charge in [0.25, 0.3) is 5.91 Å². The molecule has 0 aliphatic carbocycles. The van der Waals surface area contributed by atoms with Crippen molar-refractivity contribution in [1.29, 1.82) is 0 Å². The Balaban J connectivity index is 2.07. The zero-order chi connectivity index (χ0) is 17.9. The van der Waals surface area contributed by atoms with Gasteiger partial charge in [-0.2, -0.15) is 0 Å². The van der Waals surface area contributed by atoms with Crippen LogP contribution >= 0.6 is 0 Å². The highest BCUT2D eigenvalue weighted by molar-refractivity contribution is 5.99. The SMILES string of the molecule is Cc1cccc(C)c1NC(=O)CN(C)C(=O)c1cc(F)cc(F)c1. The number of hydrogen-bond acceptors (Lipinski definition) is 2. The molecule has 2 aromatic carbocycles. The molecule has 0 unspecified atom stereocenters. The van der Waals surface area contributed by atoms with Gasteiger partial charge in [-0.1, -0.05) is 18.2 Å². The van der Waals surface area contributed by atoms with Crippen molar-refractivity contribution < 1.29 is 18.4 Å². The summed E-state index contributed by atoms with van der Waals surface area (Å²) in [5.41, 5.74) is 2.36. The Morgan fingerprint density at radius 1 is 1.04 bits per heavy atom. The third-order valence-electron chi connectivity index (χ3n) is 3.58. The summed E-state index contributed by atoms with van der Waals surface area (Å²) >= 11 is 0. The maximum Gasteiger partial charge on any atom is 0.254 e. The molecule has 1 N–H and O–H groups in total. The van der Waals surface area contributed by atoms with Crippen LogP contribution in [0.25, 0.3) is 0 Å². The molecule has 0 bridgehead atoms. The zero-order valence-electron chi connectivity index (χ0n) is 13.7. The topological polar surface area (TPSA) is 49.4 Å². The van der Waals surface area contributed by atoms with E-state index in [1.165, 1.54) is 7.05 Å². The molecule has 4 nitrogen and oxygen atoms in total. The fourth-order valence-electron chi connectivity index (χ4n) is 2.38. The molecule has 0 aromatic heterocycles. The van der Waals surface area contributed by atoms with Gasteiger partial charge in [-0.05, 0) is 37.1 Å². The first-order chi connectivity index (χ1) is 11.3. The van der Waals surface area contributed by atoms with Crippen LogP contribution in [0.3, 0.4) is 0 Å². The van der Waals surface area contributed by atoms with Crippen molar-refractivity contribution in [1.82, 2.24) is 4.90 Å². The van der Waals surface area contributed by atoms with Crippen LogP contribution in [-0.4, -0.2) is 30.3 Å². The number of likely N-dealkylation sites (N-methyl/N-ethyl adjacent to an activating group) is 1. The van der Waals surface area contributed by atoms with Gasteiger partial charge in [0, 0.05) is 24.4 Å². The molecule has 0 spiro atoms. The molecule has 0 fully saturated rings. The van der Waals surface area contributed by atoms with Gasteiger partial charge in [-0.3, -0.25) is 9.59 Å². The van der Waals surface area contributed by atoms with Gasteiger partial charge in [-0.15, -0.1) is 0 Å². The summed E-state index contributed by atoms with van der Waals surface area (Å²) in [6.45, 7) is 3.50. The van der Waals surface area contributed by atoms with Gasteiger partial charge < -0.3 is 10.2 Å². The first kappa shape index (κ1) is 17.6. The number of nitrogens with one attached hydrogen (secondary N) is 1. The van der Waals surface area contributed by atoms with Gasteiger partial charge in [0.1, 0.15) is 11.6 Å². The van der Waals surface area contributed by atoms with Gasteiger partial charge in [0.2, 0.25) is 5.91 Å². The zero-order valence-corrected chi connectivity index (χ0v) is 13.7. The summed E-state index contributed by atoms with van der Waals surface area (Å²) in [6.07, 6.45) is 0. The summed E-state index contributed by atoms with van der Waals surface area (Å²) in [4.78, 5) is 25.4. The molecule has 24 heavy (non-hydrogen) atoms. The lowest BCUT2D eigenvalue weighted by Gasteiger charge is -2.18. The van der Waals surface area contributed by atoms with Crippen LogP contribution in [0.2, 0.25) is 0 Å². The second-order valence-corrected chi connectivity index (χ2v) is 5.63. The second kappa shape index (κ2) is 7.21. The van der Waals surface area contributed by atoms with E-state index in [2.05, 4.69) is 5.32 Å². The van der Waals surface area contributed by atoms with Crippen molar-refractivity contribution in [3.63, 3.8) is 0 Å². The Kier molecular flexibility index (Phi) is 5.28. The van der Waals surface area contributed by atoms with Crippen LogP contribution in [0.4, 0.5) is 14.5 Å². The quantitative estimate of drug-likeness (QED) is 0.934. The van der Waals surface area contributed by atoms with E-state index >= 15 is 0 Å². The lowest BCUT2D eigenvalue weighted by molar-refractivity contribution is -0.116. The molecule has 0 saturated heterocycles. The minimum absolute atomic E-state index is 0.144. The molecule has 0 saturated carbocycles. The highest BCUT2D eigenvalue weighted by atomic mass is 19.1. The number of carbonyl (C=O) groups is 2. The molecule has 2 aromatic rings. The number of halogens is 2. The molecule has 6 heteroatoms. The first-order valence-electron chi connectivity index (χ1n) is 7.35. The van der Waals surface area contributed by atoms with Crippen molar-refractivity contribution >= 4 is 17.5 Å². The normalized spacial score (nSPS) is 10.4. The molecule has 2 rings (SSSR count).